The Morgan fingerprint density at radius 1 is 1.18 bits per heavy atom. The molecule has 6 rings (SSSR count). The van der Waals surface area contributed by atoms with Crippen molar-refractivity contribution in [2.24, 2.45) is 0 Å². The Hall–Kier alpha value is -2.22. The third-order valence-electron chi connectivity index (χ3n) is 6.05. The van der Waals surface area contributed by atoms with Crippen LogP contribution in [0.2, 0.25) is 0 Å². The number of fused-ring (bicyclic) bond motifs is 2. The van der Waals surface area contributed by atoms with E-state index in [0.717, 1.165) is 25.4 Å². The molecule has 1 aromatic carbocycles. The second-order valence-corrected chi connectivity index (χ2v) is 10.5. The Kier molecular flexibility index (Phi) is 5.12. The summed E-state index contributed by atoms with van der Waals surface area (Å²) in [5.41, 5.74) is 1.72. The molecule has 3 aromatic heterocycles. The second-order valence-electron chi connectivity index (χ2n) is 8.32. The van der Waals surface area contributed by atoms with E-state index in [4.69, 9.17) is 9.47 Å². The standard InChI is InChI=1S/C21H21BrN6O4S/c1-9-24-21(28(26-9)12-3-4-13-15(5-12)33-10(2)25-13)20-17(30)16(27-7-11(22)6-23-27)19-18(32-20)14(29)8-31-19/h3-7,14,16-20,29-30H,8H2,1-2H3/t14?,16?,17?,18?,19-,20?/m1/s1. The lowest BCUT2D eigenvalue weighted by Gasteiger charge is -2.41. The van der Waals surface area contributed by atoms with E-state index in [1.807, 2.05) is 25.1 Å². The number of thiazole rings is 1. The summed E-state index contributed by atoms with van der Waals surface area (Å²) in [6.45, 7) is 3.89. The predicted octanol–water partition coefficient (Wildman–Crippen LogP) is 2.25. The van der Waals surface area contributed by atoms with E-state index < -0.39 is 36.6 Å². The number of hydrogen-bond acceptors (Lipinski definition) is 9. The molecule has 172 valence electrons. The lowest BCUT2D eigenvalue weighted by molar-refractivity contribution is -0.196. The van der Waals surface area contributed by atoms with Gasteiger partial charge in [-0.3, -0.25) is 4.68 Å². The van der Waals surface area contributed by atoms with Gasteiger partial charge in [0.2, 0.25) is 0 Å². The van der Waals surface area contributed by atoms with E-state index in [9.17, 15) is 10.2 Å². The highest BCUT2D eigenvalue weighted by Gasteiger charge is 2.54. The molecule has 2 aliphatic heterocycles. The van der Waals surface area contributed by atoms with Crippen molar-refractivity contribution in [3.8, 4) is 5.69 Å². The van der Waals surface area contributed by atoms with E-state index in [2.05, 4.69) is 36.1 Å². The average molecular weight is 533 g/mol. The largest absolute Gasteiger partial charge is 0.388 e. The first-order valence-corrected chi connectivity index (χ1v) is 12.1. The van der Waals surface area contributed by atoms with Gasteiger partial charge in [0, 0.05) is 6.20 Å². The van der Waals surface area contributed by atoms with Crippen molar-refractivity contribution in [2.75, 3.05) is 6.61 Å². The molecule has 0 bridgehead atoms. The molecule has 0 saturated carbocycles. The van der Waals surface area contributed by atoms with Gasteiger partial charge in [-0.1, -0.05) is 0 Å². The number of aryl methyl sites for hydroxylation is 2. The van der Waals surface area contributed by atoms with E-state index in [-0.39, 0.29) is 6.61 Å². The minimum Gasteiger partial charge on any atom is -0.388 e. The molecule has 33 heavy (non-hydrogen) atoms. The summed E-state index contributed by atoms with van der Waals surface area (Å²) in [4.78, 5) is 9.13. The molecule has 2 fully saturated rings. The zero-order chi connectivity index (χ0) is 22.9. The van der Waals surface area contributed by atoms with Gasteiger partial charge in [0.25, 0.3) is 0 Å². The van der Waals surface area contributed by atoms with Crippen LogP contribution in [-0.2, 0) is 9.47 Å². The molecule has 12 heteroatoms. The van der Waals surface area contributed by atoms with Gasteiger partial charge in [-0.05, 0) is 48.0 Å². The Balaban J connectivity index is 1.44. The summed E-state index contributed by atoms with van der Waals surface area (Å²) in [7, 11) is 0. The normalized spacial score (nSPS) is 29.6. The van der Waals surface area contributed by atoms with Gasteiger partial charge >= 0.3 is 0 Å². The quantitative estimate of drug-likeness (QED) is 0.412. The number of aromatic nitrogens is 6. The topological polar surface area (TPSA) is 120 Å². The monoisotopic (exact) mass is 532 g/mol. The summed E-state index contributed by atoms with van der Waals surface area (Å²) in [5.74, 6) is 1.000. The zero-order valence-electron chi connectivity index (χ0n) is 17.7. The molecule has 10 nitrogen and oxygen atoms in total. The number of hydrogen-bond donors (Lipinski definition) is 2. The number of benzene rings is 1. The number of ether oxygens (including phenoxy) is 2. The van der Waals surface area contributed by atoms with Crippen LogP contribution in [0.3, 0.4) is 0 Å². The molecule has 0 spiro atoms. The van der Waals surface area contributed by atoms with Gasteiger partial charge in [-0.2, -0.15) is 10.2 Å². The fourth-order valence-electron chi connectivity index (χ4n) is 4.67. The minimum absolute atomic E-state index is 0.126. The lowest BCUT2D eigenvalue weighted by Crippen LogP contribution is -2.52. The number of aliphatic hydroxyl groups is 2. The van der Waals surface area contributed by atoms with Gasteiger partial charge in [0.05, 0.1) is 38.2 Å². The molecular formula is C21H21BrN6O4S. The van der Waals surface area contributed by atoms with Crippen molar-refractivity contribution in [3.05, 3.63) is 51.7 Å². The number of aliphatic hydroxyl groups excluding tert-OH is 2. The van der Waals surface area contributed by atoms with Gasteiger partial charge in [-0.15, -0.1) is 11.3 Å². The highest BCUT2D eigenvalue weighted by Crippen LogP contribution is 2.43. The second kappa shape index (κ2) is 7.93. The molecule has 5 unspecified atom stereocenters. The smallest absolute Gasteiger partial charge is 0.164 e. The van der Waals surface area contributed by atoms with E-state index >= 15 is 0 Å². The van der Waals surface area contributed by atoms with E-state index in [0.29, 0.717) is 11.6 Å². The summed E-state index contributed by atoms with van der Waals surface area (Å²) < 4.78 is 17.2. The van der Waals surface area contributed by atoms with Gasteiger partial charge in [-0.25, -0.2) is 14.6 Å². The van der Waals surface area contributed by atoms with Crippen LogP contribution in [0.1, 0.15) is 28.8 Å². The number of nitrogens with zero attached hydrogens (tertiary/aromatic N) is 6. The van der Waals surface area contributed by atoms with Crippen molar-refractivity contribution < 1.29 is 19.7 Å². The average Bonchev–Trinajstić information content (AvgIpc) is 3.54. The van der Waals surface area contributed by atoms with Crippen molar-refractivity contribution in [2.45, 2.75) is 50.4 Å². The molecule has 0 radical (unpaired) electrons. The third-order valence-corrected chi connectivity index (χ3v) is 7.40. The zero-order valence-corrected chi connectivity index (χ0v) is 20.1. The Morgan fingerprint density at radius 2 is 2.03 bits per heavy atom. The lowest BCUT2D eigenvalue weighted by atomic mass is 9.91. The molecule has 0 amide bonds. The summed E-state index contributed by atoms with van der Waals surface area (Å²) in [6, 6.07) is 5.30. The first kappa shape index (κ1) is 21.3. The number of rotatable bonds is 3. The van der Waals surface area contributed by atoms with Gasteiger partial charge in [0.1, 0.15) is 42.4 Å². The van der Waals surface area contributed by atoms with Crippen molar-refractivity contribution in [1.29, 1.82) is 0 Å². The molecule has 2 saturated heterocycles. The van der Waals surface area contributed by atoms with Crippen LogP contribution >= 0.6 is 27.3 Å². The molecule has 5 heterocycles. The van der Waals surface area contributed by atoms with E-state index in [1.165, 1.54) is 0 Å². The SMILES string of the molecule is Cc1nc(C2OC3C(O)CO[C@@H]3C(n3cc(Br)cn3)C2O)n(-c2ccc3nc(C)sc3c2)n1. The van der Waals surface area contributed by atoms with Crippen LogP contribution in [0.15, 0.2) is 35.1 Å². The van der Waals surface area contributed by atoms with Crippen LogP contribution < -0.4 is 0 Å². The fraction of sp³-hybridized carbons (Fsp3) is 0.429. The van der Waals surface area contributed by atoms with Gasteiger partial charge < -0.3 is 19.7 Å². The van der Waals surface area contributed by atoms with Crippen molar-refractivity contribution >= 4 is 37.5 Å². The minimum atomic E-state index is -1.04. The molecule has 2 N–H and O–H groups in total. The Bertz CT molecular complexity index is 1340. The van der Waals surface area contributed by atoms with Crippen LogP contribution in [-0.4, -0.2) is 70.8 Å². The number of halogens is 1. The first-order chi connectivity index (χ1) is 15.9. The van der Waals surface area contributed by atoms with Crippen molar-refractivity contribution in [1.82, 2.24) is 29.5 Å². The Labute approximate surface area is 200 Å². The van der Waals surface area contributed by atoms with E-state index in [1.54, 1.807) is 40.0 Å². The Morgan fingerprint density at radius 3 is 2.82 bits per heavy atom. The van der Waals surface area contributed by atoms with Crippen LogP contribution in [0.25, 0.3) is 15.9 Å². The molecule has 4 aromatic rings. The molecule has 2 aliphatic rings. The van der Waals surface area contributed by atoms with Crippen LogP contribution in [0.4, 0.5) is 0 Å². The maximum absolute atomic E-state index is 11.5. The summed E-state index contributed by atoms with van der Waals surface area (Å²) in [6.07, 6.45) is -0.472. The van der Waals surface area contributed by atoms with Gasteiger partial charge in [0.15, 0.2) is 5.82 Å². The fourth-order valence-corrected chi connectivity index (χ4v) is 5.83. The highest BCUT2D eigenvalue weighted by atomic mass is 79.9. The summed E-state index contributed by atoms with van der Waals surface area (Å²) in [5, 5.41) is 32.0. The summed E-state index contributed by atoms with van der Waals surface area (Å²) >= 11 is 5.02. The van der Waals surface area contributed by atoms with Crippen LogP contribution in [0.5, 0.6) is 0 Å². The van der Waals surface area contributed by atoms with Crippen molar-refractivity contribution in [3.63, 3.8) is 0 Å². The predicted molar refractivity (Wildman–Crippen MR) is 122 cm³/mol. The molecular weight excluding hydrogens is 512 g/mol. The third kappa shape index (κ3) is 3.52. The molecule has 0 aliphatic carbocycles. The highest BCUT2D eigenvalue weighted by molar-refractivity contribution is 9.10. The molecule has 6 atom stereocenters. The maximum atomic E-state index is 11.5. The van der Waals surface area contributed by atoms with Crippen LogP contribution in [0, 0.1) is 13.8 Å². The first-order valence-electron chi connectivity index (χ1n) is 10.5. The maximum Gasteiger partial charge on any atom is 0.164 e.